The van der Waals surface area contributed by atoms with Crippen LogP contribution in [0.15, 0.2) is 18.2 Å². The third-order valence-electron chi connectivity index (χ3n) is 2.34. The summed E-state index contributed by atoms with van der Waals surface area (Å²) in [6, 6.07) is 6.34. The van der Waals surface area contributed by atoms with Crippen LogP contribution >= 0.6 is 0 Å². The number of carbonyl (C=O) groups is 1. The summed E-state index contributed by atoms with van der Waals surface area (Å²) >= 11 is 0. The number of hydrogen-bond donors (Lipinski definition) is 1. The number of amides is 1. The first-order valence-corrected chi connectivity index (χ1v) is 5.07. The SMILES string of the molecule is Cc1cc(C)cc(N(C)CCC(N)=O)c1. The normalized spacial score (nSPS) is 10.1. The van der Waals surface area contributed by atoms with E-state index in [1.807, 2.05) is 11.9 Å². The fourth-order valence-corrected chi connectivity index (χ4v) is 1.58. The van der Waals surface area contributed by atoms with E-state index >= 15 is 0 Å². The fraction of sp³-hybridized carbons (Fsp3) is 0.417. The molecular weight excluding hydrogens is 188 g/mol. The standard InChI is InChI=1S/C12H18N2O/c1-9-6-10(2)8-11(7-9)14(3)5-4-12(13)15/h6-8H,4-5H2,1-3H3,(H2,13,15). The molecule has 1 aromatic rings. The zero-order valence-corrected chi connectivity index (χ0v) is 9.58. The molecule has 3 heteroatoms. The molecule has 0 spiro atoms. The van der Waals surface area contributed by atoms with Gasteiger partial charge in [-0.2, -0.15) is 0 Å². The molecule has 0 aliphatic heterocycles. The van der Waals surface area contributed by atoms with Crippen LogP contribution in [-0.4, -0.2) is 19.5 Å². The molecule has 0 saturated carbocycles. The molecule has 2 N–H and O–H groups in total. The van der Waals surface area contributed by atoms with Gasteiger partial charge >= 0.3 is 0 Å². The van der Waals surface area contributed by atoms with Crippen molar-refractivity contribution in [3.8, 4) is 0 Å². The van der Waals surface area contributed by atoms with Gasteiger partial charge < -0.3 is 10.6 Å². The van der Waals surface area contributed by atoms with Crippen molar-refractivity contribution in [1.82, 2.24) is 0 Å². The average Bonchev–Trinajstić information content (AvgIpc) is 2.12. The monoisotopic (exact) mass is 206 g/mol. The predicted octanol–water partition coefficient (Wildman–Crippen LogP) is 1.62. The van der Waals surface area contributed by atoms with Crippen LogP contribution in [0.5, 0.6) is 0 Å². The molecule has 1 rings (SSSR count). The highest BCUT2D eigenvalue weighted by Crippen LogP contribution is 2.17. The van der Waals surface area contributed by atoms with Crippen LogP contribution < -0.4 is 10.6 Å². The Hall–Kier alpha value is -1.51. The van der Waals surface area contributed by atoms with E-state index in [1.54, 1.807) is 0 Å². The summed E-state index contributed by atoms with van der Waals surface area (Å²) in [7, 11) is 1.97. The predicted molar refractivity (Wildman–Crippen MR) is 63.0 cm³/mol. The molecule has 0 heterocycles. The van der Waals surface area contributed by atoms with Gasteiger partial charge in [-0.3, -0.25) is 4.79 Å². The van der Waals surface area contributed by atoms with E-state index in [9.17, 15) is 4.79 Å². The molecule has 0 aliphatic rings. The largest absolute Gasteiger partial charge is 0.374 e. The number of nitrogens with zero attached hydrogens (tertiary/aromatic N) is 1. The number of primary amides is 1. The molecule has 1 aromatic carbocycles. The maximum absolute atomic E-state index is 10.7. The lowest BCUT2D eigenvalue weighted by Gasteiger charge is -2.19. The zero-order valence-electron chi connectivity index (χ0n) is 9.58. The van der Waals surface area contributed by atoms with E-state index in [4.69, 9.17) is 5.73 Å². The highest BCUT2D eigenvalue weighted by atomic mass is 16.1. The van der Waals surface area contributed by atoms with Crippen LogP contribution in [0.4, 0.5) is 5.69 Å². The number of hydrogen-bond acceptors (Lipinski definition) is 2. The summed E-state index contributed by atoms with van der Waals surface area (Å²) in [5, 5.41) is 0. The molecule has 3 nitrogen and oxygen atoms in total. The first kappa shape index (κ1) is 11.6. The van der Waals surface area contributed by atoms with Gasteiger partial charge in [0.25, 0.3) is 0 Å². The zero-order chi connectivity index (χ0) is 11.4. The van der Waals surface area contributed by atoms with Gasteiger partial charge in [0.15, 0.2) is 0 Å². The molecule has 0 unspecified atom stereocenters. The van der Waals surface area contributed by atoms with Gasteiger partial charge in [0.2, 0.25) is 5.91 Å². The summed E-state index contributed by atoms with van der Waals surface area (Å²) in [6.07, 6.45) is 0.392. The van der Waals surface area contributed by atoms with Crippen molar-refractivity contribution in [2.75, 3.05) is 18.5 Å². The first-order chi connectivity index (χ1) is 6.99. The quantitative estimate of drug-likeness (QED) is 0.813. The van der Waals surface area contributed by atoms with E-state index < -0.39 is 0 Å². The first-order valence-electron chi connectivity index (χ1n) is 5.07. The number of benzene rings is 1. The minimum atomic E-state index is -0.258. The number of carbonyl (C=O) groups excluding carboxylic acids is 1. The Bertz CT molecular complexity index is 340. The molecule has 15 heavy (non-hydrogen) atoms. The number of rotatable bonds is 4. The minimum Gasteiger partial charge on any atom is -0.374 e. The Morgan fingerprint density at radius 1 is 1.27 bits per heavy atom. The van der Waals surface area contributed by atoms with Crippen molar-refractivity contribution in [2.45, 2.75) is 20.3 Å². The molecule has 0 fully saturated rings. The molecule has 0 atom stereocenters. The molecule has 82 valence electrons. The van der Waals surface area contributed by atoms with Gasteiger partial charge in [-0.15, -0.1) is 0 Å². The molecule has 1 amide bonds. The summed E-state index contributed by atoms with van der Waals surface area (Å²) in [5.41, 5.74) is 8.71. The Kier molecular flexibility index (Phi) is 3.72. The molecule has 0 aromatic heterocycles. The van der Waals surface area contributed by atoms with Crippen LogP contribution in [0.25, 0.3) is 0 Å². The van der Waals surface area contributed by atoms with Gasteiger partial charge in [0, 0.05) is 25.7 Å². The lowest BCUT2D eigenvalue weighted by atomic mass is 10.1. The van der Waals surface area contributed by atoms with Crippen molar-refractivity contribution in [3.63, 3.8) is 0 Å². The fourth-order valence-electron chi connectivity index (χ4n) is 1.58. The average molecular weight is 206 g/mol. The molecule has 0 aliphatic carbocycles. The smallest absolute Gasteiger partial charge is 0.219 e. The Labute approximate surface area is 90.9 Å². The highest BCUT2D eigenvalue weighted by molar-refractivity contribution is 5.74. The van der Waals surface area contributed by atoms with Gasteiger partial charge in [-0.05, 0) is 37.1 Å². The van der Waals surface area contributed by atoms with E-state index in [-0.39, 0.29) is 5.91 Å². The minimum absolute atomic E-state index is 0.258. The van der Waals surface area contributed by atoms with Gasteiger partial charge in [-0.25, -0.2) is 0 Å². The second-order valence-corrected chi connectivity index (χ2v) is 3.98. The Morgan fingerprint density at radius 2 is 1.80 bits per heavy atom. The molecule has 0 bridgehead atoms. The number of aryl methyl sites for hydroxylation is 2. The number of anilines is 1. The van der Waals surface area contributed by atoms with E-state index in [0.29, 0.717) is 13.0 Å². The van der Waals surface area contributed by atoms with Crippen molar-refractivity contribution in [3.05, 3.63) is 29.3 Å². The van der Waals surface area contributed by atoms with E-state index in [2.05, 4.69) is 32.0 Å². The van der Waals surface area contributed by atoms with Crippen LogP contribution in [0.1, 0.15) is 17.5 Å². The van der Waals surface area contributed by atoms with Crippen LogP contribution in [0.2, 0.25) is 0 Å². The lowest BCUT2D eigenvalue weighted by Crippen LogP contribution is -2.24. The molecule has 0 radical (unpaired) electrons. The summed E-state index contributed by atoms with van der Waals surface area (Å²) in [5.74, 6) is -0.258. The molecule has 0 saturated heterocycles. The maximum atomic E-state index is 10.7. The van der Waals surface area contributed by atoms with Crippen LogP contribution in [0.3, 0.4) is 0 Å². The lowest BCUT2D eigenvalue weighted by molar-refractivity contribution is -0.117. The second kappa shape index (κ2) is 4.82. The topological polar surface area (TPSA) is 46.3 Å². The third-order valence-corrected chi connectivity index (χ3v) is 2.34. The van der Waals surface area contributed by atoms with Crippen molar-refractivity contribution in [1.29, 1.82) is 0 Å². The van der Waals surface area contributed by atoms with Gasteiger partial charge in [0.05, 0.1) is 0 Å². The van der Waals surface area contributed by atoms with E-state index in [0.717, 1.165) is 5.69 Å². The van der Waals surface area contributed by atoms with Crippen molar-refractivity contribution in [2.24, 2.45) is 5.73 Å². The third kappa shape index (κ3) is 3.62. The second-order valence-electron chi connectivity index (χ2n) is 3.98. The van der Waals surface area contributed by atoms with Gasteiger partial charge in [0.1, 0.15) is 0 Å². The molecular formula is C12H18N2O. The summed E-state index contributed by atoms with van der Waals surface area (Å²) in [6.45, 7) is 4.80. The van der Waals surface area contributed by atoms with Crippen molar-refractivity contribution < 1.29 is 4.79 Å². The summed E-state index contributed by atoms with van der Waals surface area (Å²) in [4.78, 5) is 12.7. The van der Waals surface area contributed by atoms with Crippen molar-refractivity contribution >= 4 is 11.6 Å². The summed E-state index contributed by atoms with van der Waals surface area (Å²) < 4.78 is 0. The van der Waals surface area contributed by atoms with Gasteiger partial charge in [-0.1, -0.05) is 6.07 Å². The van der Waals surface area contributed by atoms with Crippen LogP contribution in [-0.2, 0) is 4.79 Å². The highest BCUT2D eigenvalue weighted by Gasteiger charge is 2.03. The van der Waals surface area contributed by atoms with E-state index in [1.165, 1.54) is 11.1 Å². The number of nitrogens with two attached hydrogens (primary N) is 1. The Morgan fingerprint density at radius 3 is 2.27 bits per heavy atom. The van der Waals surface area contributed by atoms with Crippen LogP contribution in [0, 0.1) is 13.8 Å². The maximum Gasteiger partial charge on any atom is 0.219 e. The Balaban J connectivity index is 2.72.